The number of rotatable bonds is 1. The fourth-order valence-corrected chi connectivity index (χ4v) is 4.95. The number of nitrogens with one attached hydrogen (secondary N) is 1. The van der Waals surface area contributed by atoms with Crippen molar-refractivity contribution >= 4 is 23.1 Å². The molecule has 1 spiro atoms. The molecule has 0 saturated carbocycles. The van der Waals surface area contributed by atoms with Crippen molar-refractivity contribution in [3.05, 3.63) is 46.4 Å². The van der Waals surface area contributed by atoms with E-state index in [0.717, 1.165) is 43.3 Å². The van der Waals surface area contributed by atoms with Crippen LogP contribution in [0.2, 0.25) is 5.02 Å². The van der Waals surface area contributed by atoms with Gasteiger partial charge in [-0.3, -0.25) is 0 Å². The van der Waals surface area contributed by atoms with Gasteiger partial charge >= 0.3 is 0 Å². The van der Waals surface area contributed by atoms with Crippen LogP contribution in [0.1, 0.15) is 42.5 Å². The predicted octanol–water partition coefficient (Wildman–Crippen LogP) is 3.56. The van der Waals surface area contributed by atoms with Gasteiger partial charge in [-0.2, -0.15) is 0 Å². The van der Waals surface area contributed by atoms with E-state index in [9.17, 15) is 0 Å². The van der Waals surface area contributed by atoms with Gasteiger partial charge in [-0.15, -0.1) is 0 Å². The summed E-state index contributed by atoms with van der Waals surface area (Å²) in [5, 5.41) is 4.37. The summed E-state index contributed by atoms with van der Waals surface area (Å²) in [6.45, 7) is 5.36. The van der Waals surface area contributed by atoms with Crippen LogP contribution in [0.15, 0.2) is 24.5 Å². The van der Waals surface area contributed by atoms with Crippen LogP contribution in [0, 0.1) is 0 Å². The van der Waals surface area contributed by atoms with Crippen molar-refractivity contribution in [1.82, 2.24) is 15.3 Å². The number of nitrogens with zero attached hydrogens (tertiary/aromatic N) is 3. The van der Waals surface area contributed by atoms with Gasteiger partial charge in [0.05, 0.1) is 0 Å². The number of benzene rings is 1. The molecule has 1 saturated heterocycles. The summed E-state index contributed by atoms with van der Waals surface area (Å²) >= 11 is 6.33. The van der Waals surface area contributed by atoms with Gasteiger partial charge in [-0.1, -0.05) is 18.5 Å². The summed E-state index contributed by atoms with van der Waals surface area (Å²) < 4.78 is 0. The highest BCUT2D eigenvalue weighted by Gasteiger charge is 2.46. The quantitative estimate of drug-likeness (QED) is 0.861. The Morgan fingerprint density at radius 2 is 2.25 bits per heavy atom. The molecular formula is C19H21ClN4. The molecule has 2 aromatic rings. The molecule has 3 aliphatic rings. The van der Waals surface area contributed by atoms with Gasteiger partial charge in [-0.25, -0.2) is 9.97 Å². The topological polar surface area (TPSA) is 41.1 Å². The lowest BCUT2D eigenvalue weighted by atomic mass is 9.82. The number of anilines is 2. The second kappa shape index (κ2) is 5.17. The minimum atomic E-state index is 0.153. The van der Waals surface area contributed by atoms with Crippen molar-refractivity contribution in [2.75, 3.05) is 24.5 Å². The first-order chi connectivity index (χ1) is 11.7. The molecule has 1 aromatic carbocycles. The summed E-state index contributed by atoms with van der Waals surface area (Å²) in [5.41, 5.74) is 5.37. The van der Waals surface area contributed by atoms with Gasteiger partial charge in [0.2, 0.25) is 0 Å². The molecule has 1 aromatic heterocycles. The molecule has 2 atom stereocenters. The maximum Gasteiger partial charge on any atom is 0.140 e. The van der Waals surface area contributed by atoms with Crippen LogP contribution in [0.3, 0.4) is 0 Å². The minimum Gasteiger partial charge on any atom is -0.325 e. The summed E-state index contributed by atoms with van der Waals surface area (Å²) in [4.78, 5) is 11.7. The lowest BCUT2D eigenvalue weighted by Crippen LogP contribution is -2.34. The second-order valence-corrected chi connectivity index (χ2v) is 7.89. The Hall–Kier alpha value is -1.65. The third-order valence-electron chi connectivity index (χ3n) is 6.03. The highest BCUT2D eigenvalue weighted by atomic mass is 35.5. The number of hydrogen-bond acceptors (Lipinski definition) is 4. The zero-order chi connectivity index (χ0) is 16.3. The van der Waals surface area contributed by atoms with E-state index >= 15 is 0 Å². The summed E-state index contributed by atoms with van der Waals surface area (Å²) in [7, 11) is 0. The molecular weight excluding hydrogens is 320 g/mol. The van der Waals surface area contributed by atoms with E-state index in [1.54, 1.807) is 6.33 Å². The van der Waals surface area contributed by atoms with Crippen molar-refractivity contribution in [1.29, 1.82) is 0 Å². The number of hydrogen-bond donors (Lipinski definition) is 1. The van der Waals surface area contributed by atoms with E-state index < -0.39 is 0 Å². The monoisotopic (exact) mass is 340 g/mol. The molecule has 1 N–H and O–H groups in total. The summed E-state index contributed by atoms with van der Waals surface area (Å²) in [6, 6.07) is 6.33. The zero-order valence-corrected chi connectivity index (χ0v) is 14.6. The van der Waals surface area contributed by atoms with Gasteiger partial charge < -0.3 is 10.2 Å². The maximum absolute atomic E-state index is 6.33. The van der Waals surface area contributed by atoms with Gasteiger partial charge in [-0.05, 0) is 55.5 Å². The molecule has 3 heterocycles. The van der Waals surface area contributed by atoms with Crippen LogP contribution < -0.4 is 10.2 Å². The van der Waals surface area contributed by atoms with Crippen LogP contribution in [0.4, 0.5) is 11.5 Å². The molecule has 1 fully saturated rings. The summed E-state index contributed by atoms with van der Waals surface area (Å²) in [5.74, 6) is 1.64. The van der Waals surface area contributed by atoms with E-state index in [-0.39, 0.29) is 5.41 Å². The number of halogens is 1. The molecule has 24 heavy (non-hydrogen) atoms. The van der Waals surface area contributed by atoms with E-state index in [1.165, 1.54) is 28.9 Å². The minimum absolute atomic E-state index is 0.153. The van der Waals surface area contributed by atoms with Crippen LogP contribution in [-0.4, -0.2) is 29.6 Å². The SMILES string of the molecule is C[C@@H]1CCc2ncnc(N3CC4(CCNC4)c4cc(Cl)ccc43)c21. The van der Waals surface area contributed by atoms with Gasteiger partial charge in [0, 0.05) is 40.5 Å². The standard InChI is InChI=1S/C19H21ClN4/c1-12-2-4-15-17(12)18(23-11-22-15)24-10-19(6-7-21-9-19)14-8-13(20)3-5-16(14)24/h3,5,8,11-12,21H,2,4,6-7,9-10H2,1H3/t12-,19?/m1/s1. The van der Waals surface area contributed by atoms with E-state index in [0.29, 0.717) is 5.92 Å². The molecule has 0 amide bonds. The van der Waals surface area contributed by atoms with Gasteiger partial charge in [0.25, 0.3) is 0 Å². The average Bonchev–Trinajstić information content (AvgIpc) is 3.28. The van der Waals surface area contributed by atoms with Crippen molar-refractivity contribution in [3.8, 4) is 0 Å². The molecule has 1 aliphatic carbocycles. The Kier molecular flexibility index (Phi) is 3.16. The fourth-order valence-electron chi connectivity index (χ4n) is 4.78. The molecule has 1 unspecified atom stereocenters. The lowest BCUT2D eigenvalue weighted by molar-refractivity contribution is 0.507. The van der Waals surface area contributed by atoms with E-state index in [4.69, 9.17) is 16.6 Å². The largest absolute Gasteiger partial charge is 0.325 e. The Labute approximate surface area is 147 Å². The van der Waals surface area contributed by atoms with Crippen LogP contribution in [0.5, 0.6) is 0 Å². The first-order valence-electron chi connectivity index (χ1n) is 8.80. The highest BCUT2D eigenvalue weighted by molar-refractivity contribution is 6.30. The predicted molar refractivity (Wildman–Crippen MR) is 96.4 cm³/mol. The highest BCUT2D eigenvalue weighted by Crippen LogP contribution is 2.50. The van der Waals surface area contributed by atoms with E-state index in [1.807, 2.05) is 6.07 Å². The molecule has 0 radical (unpaired) electrons. The van der Waals surface area contributed by atoms with Gasteiger partial charge in [0.15, 0.2) is 0 Å². The van der Waals surface area contributed by atoms with Crippen LogP contribution in [-0.2, 0) is 11.8 Å². The van der Waals surface area contributed by atoms with Gasteiger partial charge in [0.1, 0.15) is 12.1 Å². The van der Waals surface area contributed by atoms with Crippen molar-refractivity contribution in [3.63, 3.8) is 0 Å². The number of fused-ring (bicyclic) bond motifs is 3. The maximum atomic E-state index is 6.33. The fraction of sp³-hybridized carbons (Fsp3) is 0.474. The Balaban J connectivity index is 1.68. The van der Waals surface area contributed by atoms with Crippen molar-refractivity contribution in [2.24, 2.45) is 0 Å². The Morgan fingerprint density at radius 1 is 1.33 bits per heavy atom. The molecule has 2 aliphatic heterocycles. The smallest absolute Gasteiger partial charge is 0.140 e. The Bertz CT molecular complexity index is 813. The van der Waals surface area contributed by atoms with Crippen LogP contribution in [0.25, 0.3) is 0 Å². The number of aryl methyl sites for hydroxylation is 1. The third kappa shape index (κ3) is 1.96. The third-order valence-corrected chi connectivity index (χ3v) is 6.27. The first kappa shape index (κ1) is 14.7. The Morgan fingerprint density at radius 3 is 3.08 bits per heavy atom. The first-order valence-corrected chi connectivity index (χ1v) is 9.18. The van der Waals surface area contributed by atoms with Crippen molar-refractivity contribution in [2.45, 2.75) is 37.5 Å². The molecule has 5 rings (SSSR count). The molecule has 5 heteroatoms. The zero-order valence-electron chi connectivity index (χ0n) is 13.8. The number of aromatic nitrogens is 2. The lowest BCUT2D eigenvalue weighted by Gasteiger charge is -2.26. The molecule has 0 bridgehead atoms. The average molecular weight is 341 g/mol. The van der Waals surface area contributed by atoms with E-state index in [2.05, 4.69) is 34.3 Å². The normalized spacial score (nSPS) is 27.8. The second-order valence-electron chi connectivity index (χ2n) is 7.45. The molecule has 124 valence electrons. The van der Waals surface area contributed by atoms with Crippen LogP contribution >= 0.6 is 11.6 Å². The van der Waals surface area contributed by atoms with Crippen molar-refractivity contribution < 1.29 is 0 Å². The molecule has 4 nitrogen and oxygen atoms in total. The summed E-state index contributed by atoms with van der Waals surface area (Å²) in [6.07, 6.45) is 5.13.